The fraction of sp³-hybridized carbons (Fsp3) is 0.545. The van der Waals surface area contributed by atoms with Gasteiger partial charge in [0.05, 0.1) is 0 Å². The molecular weight excluding hydrogens is 338 g/mol. The first kappa shape index (κ1) is 19.5. The van der Waals surface area contributed by atoms with E-state index in [-0.39, 0.29) is 17.7 Å². The van der Waals surface area contributed by atoms with Crippen molar-refractivity contribution < 1.29 is 9.59 Å². The Balaban J connectivity index is 1.61. The van der Waals surface area contributed by atoms with Crippen LogP contribution in [0.4, 0.5) is 11.4 Å². The number of amides is 2. The Morgan fingerprint density at radius 3 is 2.74 bits per heavy atom. The lowest BCUT2D eigenvalue weighted by atomic mass is 9.93. The van der Waals surface area contributed by atoms with Crippen LogP contribution in [-0.2, 0) is 9.59 Å². The quantitative estimate of drug-likeness (QED) is 0.717. The zero-order valence-electron chi connectivity index (χ0n) is 16.2. The second-order valence-electron chi connectivity index (χ2n) is 7.56. The summed E-state index contributed by atoms with van der Waals surface area (Å²) in [6.45, 7) is 4.17. The number of anilines is 2. The van der Waals surface area contributed by atoms with E-state index in [0.717, 1.165) is 50.1 Å². The topological polar surface area (TPSA) is 61.4 Å². The molecule has 1 aliphatic heterocycles. The summed E-state index contributed by atoms with van der Waals surface area (Å²) in [6, 6.07) is 7.52. The van der Waals surface area contributed by atoms with Crippen molar-refractivity contribution in [3.63, 3.8) is 0 Å². The van der Waals surface area contributed by atoms with Gasteiger partial charge in [0.25, 0.3) is 0 Å². The molecule has 146 valence electrons. The molecule has 1 aromatic carbocycles. The van der Waals surface area contributed by atoms with E-state index in [9.17, 15) is 9.59 Å². The number of carbonyl (C=O) groups is 2. The maximum Gasteiger partial charge on any atom is 0.246 e. The fourth-order valence-electron chi connectivity index (χ4n) is 3.86. The third-order valence-corrected chi connectivity index (χ3v) is 5.44. The Labute approximate surface area is 162 Å². The van der Waals surface area contributed by atoms with Crippen LogP contribution in [0.5, 0.6) is 0 Å². The number of carbonyl (C=O) groups excluding carboxylic acids is 2. The van der Waals surface area contributed by atoms with Crippen LogP contribution in [0.25, 0.3) is 0 Å². The number of nitrogens with zero attached hydrogens (tertiary/aromatic N) is 1. The molecule has 2 amide bonds. The van der Waals surface area contributed by atoms with Crippen molar-refractivity contribution in [1.29, 1.82) is 0 Å². The van der Waals surface area contributed by atoms with Gasteiger partial charge < -0.3 is 15.5 Å². The third-order valence-electron chi connectivity index (χ3n) is 5.44. The summed E-state index contributed by atoms with van der Waals surface area (Å²) < 4.78 is 0. The van der Waals surface area contributed by atoms with Gasteiger partial charge in [-0.1, -0.05) is 31.6 Å². The normalized spacial score (nSPS) is 20.3. The van der Waals surface area contributed by atoms with Crippen LogP contribution in [0.1, 0.15) is 51.9 Å². The van der Waals surface area contributed by atoms with Gasteiger partial charge in [-0.3, -0.25) is 9.59 Å². The fourth-order valence-corrected chi connectivity index (χ4v) is 3.86. The highest BCUT2D eigenvalue weighted by Gasteiger charge is 2.25. The van der Waals surface area contributed by atoms with Gasteiger partial charge in [0.2, 0.25) is 11.8 Å². The van der Waals surface area contributed by atoms with Crippen molar-refractivity contribution in [1.82, 2.24) is 5.32 Å². The number of hydrogen-bond donors (Lipinski definition) is 2. The first-order valence-corrected chi connectivity index (χ1v) is 10.3. The number of rotatable bonds is 7. The van der Waals surface area contributed by atoms with Crippen LogP contribution in [-0.4, -0.2) is 30.9 Å². The predicted octanol–water partition coefficient (Wildman–Crippen LogP) is 3.87. The Bertz CT molecular complexity index is 680. The van der Waals surface area contributed by atoms with E-state index < -0.39 is 6.04 Å². The molecule has 2 N–H and O–H groups in total. The van der Waals surface area contributed by atoms with Gasteiger partial charge in [0.15, 0.2) is 0 Å². The maximum atomic E-state index is 12.8. The van der Waals surface area contributed by atoms with Crippen molar-refractivity contribution in [2.75, 3.05) is 23.3 Å². The van der Waals surface area contributed by atoms with Crippen molar-refractivity contribution in [3.05, 3.63) is 36.4 Å². The van der Waals surface area contributed by atoms with Crippen molar-refractivity contribution >= 4 is 23.2 Å². The van der Waals surface area contributed by atoms with Crippen LogP contribution in [0.3, 0.4) is 0 Å². The molecule has 5 nitrogen and oxygen atoms in total. The summed E-state index contributed by atoms with van der Waals surface area (Å²) >= 11 is 0. The highest BCUT2D eigenvalue weighted by atomic mass is 16.2. The zero-order valence-corrected chi connectivity index (χ0v) is 16.2. The summed E-state index contributed by atoms with van der Waals surface area (Å²) in [4.78, 5) is 27.7. The maximum absolute atomic E-state index is 12.8. The van der Waals surface area contributed by atoms with Crippen molar-refractivity contribution in [2.45, 2.75) is 57.9 Å². The minimum absolute atomic E-state index is 0.00114. The molecule has 0 spiro atoms. The standard InChI is InChI=1S/C22H31N3O2/c1-2-9-20(24-21(26)17-10-4-3-5-11-17)22(27)23-18-12-8-13-19(16-18)25-14-6-7-15-25/h3-4,8,12-13,16-17,20H,2,5-7,9-11,14-15H2,1H3,(H,23,27)(H,24,26)/t17-,20-/m1/s1. The lowest BCUT2D eigenvalue weighted by Gasteiger charge is -2.23. The van der Waals surface area contributed by atoms with Gasteiger partial charge in [-0.2, -0.15) is 0 Å². The summed E-state index contributed by atoms with van der Waals surface area (Å²) in [6.07, 6.45) is 10.7. The highest BCUT2D eigenvalue weighted by Crippen LogP contribution is 2.24. The van der Waals surface area contributed by atoms with Crippen LogP contribution < -0.4 is 15.5 Å². The third kappa shape index (κ3) is 5.34. The summed E-state index contributed by atoms with van der Waals surface area (Å²) in [5.74, 6) is -0.144. The van der Waals surface area contributed by atoms with E-state index >= 15 is 0 Å². The van der Waals surface area contributed by atoms with Gasteiger partial charge >= 0.3 is 0 Å². The minimum atomic E-state index is -0.483. The van der Waals surface area contributed by atoms with E-state index in [4.69, 9.17) is 0 Å². The average molecular weight is 370 g/mol. The molecule has 0 saturated carbocycles. The molecular formula is C22H31N3O2. The average Bonchev–Trinajstić information content (AvgIpc) is 3.23. The Morgan fingerprint density at radius 1 is 1.22 bits per heavy atom. The first-order chi connectivity index (χ1) is 13.2. The molecule has 27 heavy (non-hydrogen) atoms. The van der Waals surface area contributed by atoms with Crippen LogP contribution in [0.2, 0.25) is 0 Å². The Hall–Kier alpha value is -2.30. The molecule has 0 aromatic heterocycles. The second-order valence-corrected chi connectivity index (χ2v) is 7.56. The summed E-state index contributed by atoms with van der Waals surface area (Å²) in [7, 11) is 0. The van der Waals surface area contributed by atoms with Gasteiger partial charge in [0, 0.05) is 30.4 Å². The van der Waals surface area contributed by atoms with Gasteiger partial charge in [0.1, 0.15) is 6.04 Å². The number of allylic oxidation sites excluding steroid dienone is 2. The van der Waals surface area contributed by atoms with E-state index in [2.05, 4.69) is 33.8 Å². The molecule has 1 heterocycles. The van der Waals surface area contributed by atoms with Gasteiger partial charge in [-0.15, -0.1) is 0 Å². The van der Waals surface area contributed by atoms with Gasteiger partial charge in [-0.05, 0) is 56.7 Å². The molecule has 2 atom stereocenters. The van der Waals surface area contributed by atoms with Crippen LogP contribution in [0, 0.1) is 5.92 Å². The molecule has 0 unspecified atom stereocenters. The Morgan fingerprint density at radius 2 is 2.04 bits per heavy atom. The lowest BCUT2D eigenvalue weighted by molar-refractivity contribution is -0.129. The van der Waals surface area contributed by atoms with E-state index in [1.807, 2.05) is 25.1 Å². The monoisotopic (exact) mass is 369 g/mol. The summed E-state index contributed by atoms with van der Waals surface area (Å²) in [5, 5.41) is 5.99. The molecule has 1 saturated heterocycles. The predicted molar refractivity (Wildman–Crippen MR) is 110 cm³/mol. The van der Waals surface area contributed by atoms with Gasteiger partial charge in [-0.25, -0.2) is 0 Å². The number of nitrogens with one attached hydrogen (secondary N) is 2. The number of hydrogen-bond acceptors (Lipinski definition) is 3. The Kier molecular flexibility index (Phi) is 6.91. The molecule has 1 aromatic rings. The van der Waals surface area contributed by atoms with Crippen molar-refractivity contribution in [3.8, 4) is 0 Å². The molecule has 0 radical (unpaired) electrons. The zero-order chi connectivity index (χ0) is 19.1. The molecule has 3 rings (SSSR count). The molecule has 1 aliphatic carbocycles. The molecule has 0 bridgehead atoms. The molecule has 5 heteroatoms. The first-order valence-electron chi connectivity index (χ1n) is 10.3. The SMILES string of the molecule is CCC[C@@H](NC(=O)[C@@H]1CC=CCC1)C(=O)Nc1cccc(N2CCCC2)c1. The van der Waals surface area contributed by atoms with Crippen LogP contribution >= 0.6 is 0 Å². The van der Waals surface area contributed by atoms with E-state index in [0.29, 0.717) is 6.42 Å². The van der Waals surface area contributed by atoms with Crippen LogP contribution in [0.15, 0.2) is 36.4 Å². The van der Waals surface area contributed by atoms with E-state index in [1.165, 1.54) is 12.8 Å². The molecule has 1 fully saturated rings. The lowest BCUT2D eigenvalue weighted by Crippen LogP contribution is -2.46. The second kappa shape index (κ2) is 9.58. The van der Waals surface area contributed by atoms with E-state index in [1.54, 1.807) is 0 Å². The minimum Gasteiger partial charge on any atom is -0.371 e. The highest BCUT2D eigenvalue weighted by molar-refractivity contribution is 5.97. The summed E-state index contributed by atoms with van der Waals surface area (Å²) in [5.41, 5.74) is 1.94. The van der Waals surface area contributed by atoms with Crippen molar-refractivity contribution in [2.24, 2.45) is 5.92 Å². The number of benzene rings is 1. The largest absolute Gasteiger partial charge is 0.371 e. The molecule has 2 aliphatic rings. The smallest absolute Gasteiger partial charge is 0.246 e.